The summed E-state index contributed by atoms with van der Waals surface area (Å²) in [6, 6.07) is 6.79. The molecule has 7 nitrogen and oxygen atoms in total. The summed E-state index contributed by atoms with van der Waals surface area (Å²) in [7, 11) is -3.54. The van der Waals surface area contributed by atoms with Gasteiger partial charge in [-0.3, -0.25) is 14.5 Å². The Morgan fingerprint density at radius 3 is 2.68 bits per heavy atom. The number of hydrogen-bond donors (Lipinski definition) is 2. The molecule has 0 saturated carbocycles. The van der Waals surface area contributed by atoms with Crippen molar-refractivity contribution in [2.45, 2.75) is 44.6 Å². The van der Waals surface area contributed by atoms with Gasteiger partial charge in [0.1, 0.15) is 5.84 Å². The highest BCUT2D eigenvalue weighted by Crippen LogP contribution is 2.22. The van der Waals surface area contributed by atoms with Gasteiger partial charge in [-0.1, -0.05) is 26.0 Å². The van der Waals surface area contributed by atoms with Gasteiger partial charge >= 0.3 is 0 Å². The van der Waals surface area contributed by atoms with Gasteiger partial charge in [0.15, 0.2) is 0 Å². The van der Waals surface area contributed by atoms with E-state index in [9.17, 15) is 13.2 Å². The molecule has 28 heavy (non-hydrogen) atoms. The van der Waals surface area contributed by atoms with Gasteiger partial charge in [-0.15, -0.1) is 0 Å². The monoisotopic (exact) mass is 406 g/mol. The third-order valence-electron chi connectivity index (χ3n) is 5.16. The quantitative estimate of drug-likeness (QED) is 0.751. The highest BCUT2D eigenvalue weighted by molar-refractivity contribution is 7.90. The largest absolute Gasteiger partial charge is 0.352 e. The van der Waals surface area contributed by atoms with Gasteiger partial charge in [0.25, 0.3) is 10.0 Å². The highest BCUT2D eigenvalue weighted by atomic mass is 32.2. The molecule has 2 aliphatic heterocycles. The first-order chi connectivity index (χ1) is 13.2. The number of amidine groups is 1. The molecule has 8 heteroatoms. The predicted octanol–water partition coefficient (Wildman–Crippen LogP) is 1.60. The lowest BCUT2D eigenvalue weighted by Crippen LogP contribution is -2.47. The Morgan fingerprint density at radius 2 is 1.96 bits per heavy atom. The lowest BCUT2D eigenvalue weighted by molar-refractivity contribution is -0.121. The molecule has 0 aromatic heterocycles. The van der Waals surface area contributed by atoms with E-state index in [2.05, 4.69) is 33.8 Å². The Balaban J connectivity index is 1.48. The van der Waals surface area contributed by atoms with Crippen LogP contribution in [0.1, 0.15) is 39.2 Å². The van der Waals surface area contributed by atoms with Gasteiger partial charge in [-0.2, -0.15) is 0 Å². The second kappa shape index (κ2) is 8.61. The smallest absolute Gasteiger partial charge is 0.263 e. The van der Waals surface area contributed by atoms with Gasteiger partial charge < -0.3 is 10.2 Å². The van der Waals surface area contributed by atoms with Gasteiger partial charge in [-0.05, 0) is 37.3 Å². The Bertz CT molecular complexity index is 843. The summed E-state index contributed by atoms with van der Waals surface area (Å²) in [6.07, 6.45) is 1.50. The maximum absolute atomic E-state index is 12.2. The second-order valence-electron chi connectivity index (χ2n) is 8.22. The average Bonchev–Trinajstić information content (AvgIpc) is 2.85. The first kappa shape index (κ1) is 20.8. The summed E-state index contributed by atoms with van der Waals surface area (Å²) in [5.41, 5.74) is 0.560. The fourth-order valence-corrected chi connectivity index (χ4v) is 5.49. The number of fused-ring (bicyclic) bond motifs is 1. The van der Waals surface area contributed by atoms with Crippen LogP contribution in [0.3, 0.4) is 0 Å². The standard InChI is InChI=1S/C20H30N4O3S/c1-14-10-15(2)12-24(11-14)13-16(3)22-19(25)8-9-21-20-17-6-4-5-7-18(17)28(26,27)23-20/h4-7,14-16H,8-13H2,1-3H3,(H,21,23)(H,22,25). The summed E-state index contributed by atoms with van der Waals surface area (Å²) < 4.78 is 26.6. The van der Waals surface area contributed by atoms with Crippen molar-refractivity contribution < 1.29 is 13.2 Å². The van der Waals surface area contributed by atoms with Crippen molar-refractivity contribution >= 4 is 21.8 Å². The molecular formula is C20H30N4O3S. The number of piperidine rings is 1. The fraction of sp³-hybridized carbons (Fsp3) is 0.600. The van der Waals surface area contributed by atoms with Crippen molar-refractivity contribution in [3.63, 3.8) is 0 Å². The maximum atomic E-state index is 12.2. The molecular weight excluding hydrogens is 376 g/mol. The lowest BCUT2D eigenvalue weighted by atomic mass is 9.92. The number of hydrogen-bond acceptors (Lipinski definition) is 5. The first-order valence-corrected chi connectivity index (χ1v) is 11.4. The van der Waals surface area contributed by atoms with Gasteiger partial charge in [-0.25, -0.2) is 8.42 Å². The van der Waals surface area contributed by atoms with E-state index in [1.807, 2.05) is 6.92 Å². The number of sulfonamides is 1. The molecule has 0 bridgehead atoms. The maximum Gasteiger partial charge on any atom is 0.263 e. The van der Waals surface area contributed by atoms with Crippen LogP contribution in [-0.4, -0.2) is 57.3 Å². The Hall–Kier alpha value is -1.93. The van der Waals surface area contributed by atoms with Gasteiger partial charge in [0.2, 0.25) is 5.91 Å². The lowest BCUT2D eigenvalue weighted by Gasteiger charge is -2.36. The molecule has 154 valence electrons. The molecule has 3 unspecified atom stereocenters. The van der Waals surface area contributed by atoms with Crippen LogP contribution in [-0.2, 0) is 14.8 Å². The van der Waals surface area contributed by atoms with Crippen molar-refractivity contribution in [2.24, 2.45) is 16.8 Å². The van der Waals surface area contributed by atoms with E-state index in [4.69, 9.17) is 0 Å². The van der Waals surface area contributed by atoms with Crippen LogP contribution in [0.4, 0.5) is 0 Å². The van der Waals surface area contributed by atoms with Crippen LogP contribution in [0, 0.1) is 11.8 Å². The molecule has 0 spiro atoms. The van der Waals surface area contributed by atoms with Crippen molar-refractivity contribution in [3.05, 3.63) is 29.8 Å². The van der Waals surface area contributed by atoms with E-state index in [1.54, 1.807) is 24.3 Å². The van der Waals surface area contributed by atoms with Crippen molar-refractivity contribution in [3.8, 4) is 0 Å². The highest BCUT2D eigenvalue weighted by Gasteiger charge is 2.30. The molecule has 1 aromatic rings. The van der Waals surface area contributed by atoms with Crippen molar-refractivity contribution in [1.82, 2.24) is 14.9 Å². The zero-order chi connectivity index (χ0) is 20.3. The molecule has 0 aliphatic carbocycles. The number of carbonyl (C=O) groups excluding carboxylic acids is 1. The average molecular weight is 407 g/mol. The summed E-state index contributed by atoms with van der Waals surface area (Å²) in [4.78, 5) is 19.2. The van der Waals surface area contributed by atoms with E-state index in [1.165, 1.54) is 6.42 Å². The molecule has 3 atom stereocenters. The number of nitrogens with one attached hydrogen (secondary N) is 2. The normalized spacial score (nSPS) is 26.5. The van der Waals surface area contributed by atoms with E-state index in [-0.39, 0.29) is 29.8 Å². The number of likely N-dealkylation sites (tertiary alicyclic amines) is 1. The number of benzene rings is 1. The fourth-order valence-electron chi connectivity index (χ4n) is 4.24. The molecule has 3 rings (SSSR count). The zero-order valence-electron chi connectivity index (χ0n) is 16.8. The number of amides is 1. The van der Waals surface area contributed by atoms with Crippen LogP contribution in [0.25, 0.3) is 0 Å². The summed E-state index contributed by atoms with van der Waals surface area (Å²) in [5, 5.41) is 3.03. The minimum absolute atomic E-state index is 0.0657. The molecule has 2 heterocycles. The molecule has 2 N–H and O–H groups in total. The molecule has 2 aliphatic rings. The van der Waals surface area contributed by atoms with E-state index < -0.39 is 10.0 Å². The van der Waals surface area contributed by atoms with Crippen molar-refractivity contribution in [2.75, 3.05) is 26.2 Å². The van der Waals surface area contributed by atoms with Crippen molar-refractivity contribution in [1.29, 1.82) is 0 Å². The molecule has 1 saturated heterocycles. The first-order valence-electron chi connectivity index (χ1n) is 9.93. The van der Waals surface area contributed by atoms with Gasteiger partial charge in [0.05, 0.1) is 11.4 Å². The summed E-state index contributed by atoms with van der Waals surface area (Å²) in [5.74, 6) is 1.64. The van der Waals surface area contributed by atoms with Crippen LogP contribution in [0.2, 0.25) is 0 Å². The topological polar surface area (TPSA) is 90.9 Å². The van der Waals surface area contributed by atoms with Crippen LogP contribution in [0.15, 0.2) is 34.2 Å². The van der Waals surface area contributed by atoms with Crippen LogP contribution < -0.4 is 10.0 Å². The number of nitrogens with zero attached hydrogens (tertiary/aromatic N) is 2. The minimum Gasteiger partial charge on any atom is -0.352 e. The molecule has 0 radical (unpaired) electrons. The summed E-state index contributed by atoms with van der Waals surface area (Å²) >= 11 is 0. The predicted molar refractivity (Wildman–Crippen MR) is 110 cm³/mol. The Kier molecular flexibility index (Phi) is 6.40. The summed E-state index contributed by atoms with van der Waals surface area (Å²) in [6.45, 7) is 9.83. The van der Waals surface area contributed by atoms with E-state index >= 15 is 0 Å². The SMILES string of the molecule is CC1CC(C)CN(CC(C)NC(=O)CCN=C2NS(=O)(=O)c3ccccc32)C1. The van der Waals surface area contributed by atoms with Crippen LogP contribution in [0.5, 0.6) is 0 Å². The zero-order valence-corrected chi connectivity index (χ0v) is 17.6. The third kappa shape index (κ3) is 5.11. The minimum atomic E-state index is -3.54. The van der Waals surface area contributed by atoms with E-state index in [0.717, 1.165) is 19.6 Å². The molecule has 1 fully saturated rings. The van der Waals surface area contributed by atoms with Crippen LogP contribution >= 0.6 is 0 Å². The number of rotatable bonds is 6. The van der Waals surface area contributed by atoms with E-state index in [0.29, 0.717) is 23.2 Å². The number of aliphatic imine (C=N–C) groups is 1. The number of carbonyl (C=O) groups is 1. The Morgan fingerprint density at radius 1 is 1.29 bits per heavy atom. The second-order valence-corrected chi connectivity index (χ2v) is 9.87. The molecule has 1 amide bonds. The molecule has 1 aromatic carbocycles. The third-order valence-corrected chi connectivity index (χ3v) is 6.55. The Labute approximate surface area is 167 Å². The van der Waals surface area contributed by atoms with Gasteiger partial charge in [0, 0.05) is 37.7 Å².